The first-order chi connectivity index (χ1) is 12.2. The SMILES string of the molecule is CC(=O)N(CC(=O)Nc1cccc(Cl)c1C)c1c(C)cccc1C(C)C. The predicted molar refractivity (Wildman–Crippen MR) is 108 cm³/mol. The number of benzene rings is 2. The number of nitrogens with one attached hydrogen (secondary N) is 1. The summed E-state index contributed by atoms with van der Waals surface area (Å²) in [7, 11) is 0. The Morgan fingerprint density at radius 1 is 1.12 bits per heavy atom. The lowest BCUT2D eigenvalue weighted by Gasteiger charge is -2.27. The zero-order chi connectivity index (χ0) is 19.4. The minimum absolute atomic E-state index is 0.0497. The van der Waals surface area contributed by atoms with Crippen LogP contribution in [0.4, 0.5) is 11.4 Å². The minimum Gasteiger partial charge on any atom is -0.324 e. The Kier molecular flexibility index (Phi) is 6.43. The quantitative estimate of drug-likeness (QED) is 0.796. The van der Waals surface area contributed by atoms with Gasteiger partial charge in [0.25, 0.3) is 0 Å². The van der Waals surface area contributed by atoms with Crippen LogP contribution in [-0.4, -0.2) is 18.4 Å². The molecule has 0 aliphatic heterocycles. The van der Waals surface area contributed by atoms with Gasteiger partial charge in [-0.15, -0.1) is 0 Å². The van der Waals surface area contributed by atoms with Crippen molar-refractivity contribution >= 4 is 34.8 Å². The first-order valence-electron chi connectivity index (χ1n) is 8.65. The number of anilines is 2. The van der Waals surface area contributed by atoms with E-state index in [9.17, 15) is 9.59 Å². The van der Waals surface area contributed by atoms with Gasteiger partial charge in [0.2, 0.25) is 11.8 Å². The molecule has 0 aliphatic carbocycles. The van der Waals surface area contributed by atoms with E-state index in [0.29, 0.717) is 10.7 Å². The summed E-state index contributed by atoms with van der Waals surface area (Å²) in [5.74, 6) is -0.187. The fourth-order valence-corrected chi connectivity index (χ4v) is 3.11. The van der Waals surface area contributed by atoms with Crippen LogP contribution in [0.5, 0.6) is 0 Å². The summed E-state index contributed by atoms with van der Waals surface area (Å²) in [5, 5.41) is 3.45. The first kappa shape index (κ1) is 20.0. The maximum absolute atomic E-state index is 12.6. The normalized spacial score (nSPS) is 10.7. The Morgan fingerprint density at radius 2 is 1.77 bits per heavy atom. The molecule has 0 aromatic heterocycles. The fraction of sp³-hybridized carbons (Fsp3) is 0.333. The summed E-state index contributed by atoms with van der Waals surface area (Å²) in [6, 6.07) is 11.3. The molecule has 0 unspecified atom stereocenters. The molecule has 0 aliphatic rings. The number of para-hydroxylation sites is 1. The van der Waals surface area contributed by atoms with Crippen LogP contribution in [0.15, 0.2) is 36.4 Å². The van der Waals surface area contributed by atoms with Crippen LogP contribution in [0, 0.1) is 13.8 Å². The molecule has 2 aromatic carbocycles. The minimum atomic E-state index is -0.261. The molecule has 26 heavy (non-hydrogen) atoms. The van der Waals surface area contributed by atoms with Crippen LogP contribution >= 0.6 is 11.6 Å². The van der Waals surface area contributed by atoms with Crippen LogP contribution in [-0.2, 0) is 9.59 Å². The van der Waals surface area contributed by atoms with E-state index in [1.807, 2.05) is 32.0 Å². The summed E-state index contributed by atoms with van der Waals surface area (Å²) in [4.78, 5) is 26.5. The van der Waals surface area contributed by atoms with Crippen molar-refractivity contribution < 1.29 is 9.59 Å². The number of rotatable bonds is 5. The number of carbonyl (C=O) groups is 2. The van der Waals surface area contributed by atoms with Crippen molar-refractivity contribution in [3.05, 3.63) is 58.1 Å². The third kappa shape index (κ3) is 4.44. The monoisotopic (exact) mass is 372 g/mol. The third-order valence-electron chi connectivity index (χ3n) is 4.38. The van der Waals surface area contributed by atoms with E-state index in [-0.39, 0.29) is 24.3 Å². The zero-order valence-corrected chi connectivity index (χ0v) is 16.6. The number of halogens is 1. The van der Waals surface area contributed by atoms with E-state index < -0.39 is 0 Å². The second-order valence-electron chi connectivity index (χ2n) is 6.73. The van der Waals surface area contributed by atoms with Gasteiger partial charge >= 0.3 is 0 Å². The Hall–Kier alpha value is -2.33. The average Bonchev–Trinajstić information content (AvgIpc) is 2.56. The lowest BCUT2D eigenvalue weighted by Crippen LogP contribution is -2.38. The molecule has 0 saturated heterocycles. The van der Waals surface area contributed by atoms with E-state index >= 15 is 0 Å². The molecule has 0 spiro atoms. The van der Waals surface area contributed by atoms with Crippen LogP contribution in [0.3, 0.4) is 0 Å². The van der Waals surface area contributed by atoms with Crippen LogP contribution in [0.2, 0.25) is 5.02 Å². The van der Waals surface area contributed by atoms with Crippen LogP contribution in [0.1, 0.15) is 43.4 Å². The maximum Gasteiger partial charge on any atom is 0.244 e. The number of aryl methyl sites for hydroxylation is 1. The standard InChI is InChI=1S/C21H25ClN2O2/c1-13(2)17-9-6-8-14(3)21(17)24(16(5)25)12-20(26)23-19-11-7-10-18(22)15(19)4/h6-11,13H,12H2,1-5H3,(H,23,26). The van der Waals surface area contributed by atoms with Crippen molar-refractivity contribution in [3.63, 3.8) is 0 Å². The first-order valence-corrected chi connectivity index (χ1v) is 9.02. The molecular weight excluding hydrogens is 348 g/mol. The summed E-state index contributed by atoms with van der Waals surface area (Å²) in [5.41, 5.74) is 4.29. The van der Waals surface area contributed by atoms with Crippen LogP contribution < -0.4 is 10.2 Å². The fourth-order valence-electron chi connectivity index (χ4n) is 2.94. The molecule has 5 heteroatoms. The lowest BCUT2D eigenvalue weighted by molar-refractivity contribution is -0.120. The molecule has 0 bridgehead atoms. The number of carbonyl (C=O) groups excluding carboxylic acids is 2. The molecule has 0 radical (unpaired) electrons. The Morgan fingerprint density at radius 3 is 2.38 bits per heavy atom. The van der Waals surface area contributed by atoms with Crippen molar-refractivity contribution in [3.8, 4) is 0 Å². The second kappa shape index (κ2) is 8.37. The van der Waals surface area contributed by atoms with Crippen molar-refractivity contribution in [2.75, 3.05) is 16.8 Å². The Bertz CT molecular complexity index is 831. The van der Waals surface area contributed by atoms with E-state index in [1.165, 1.54) is 6.92 Å². The van der Waals surface area contributed by atoms with Gasteiger partial charge in [-0.3, -0.25) is 9.59 Å². The van der Waals surface area contributed by atoms with Gasteiger partial charge in [0, 0.05) is 17.6 Å². The van der Waals surface area contributed by atoms with Crippen LogP contribution in [0.25, 0.3) is 0 Å². The van der Waals surface area contributed by atoms with Gasteiger partial charge < -0.3 is 10.2 Å². The van der Waals surface area contributed by atoms with Gasteiger partial charge in [0.05, 0.1) is 5.69 Å². The van der Waals surface area contributed by atoms with Gasteiger partial charge in [0.15, 0.2) is 0 Å². The molecule has 2 rings (SSSR count). The summed E-state index contributed by atoms with van der Waals surface area (Å²) >= 11 is 6.11. The smallest absolute Gasteiger partial charge is 0.244 e. The molecule has 2 aromatic rings. The summed E-state index contributed by atoms with van der Waals surface area (Å²) in [6.07, 6.45) is 0. The highest BCUT2D eigenvalue weighted by Crippen LogP contribution is 2.31. The highest BCUT2D eigenvalue weighted by atomic mass is 35.5. The van der Waals surface area contributed by atoms with E-state index in [1.54, 1.807) is 23.1 Å². The highest BCUT2D eigenvalue weighted by Gasteiger charge is 2.22. The Labute approximate surface area is 160 Å². The highest BCUT2D eigenvalue weighted by molar-refractivity contribution is 6.31. The predicted octanol–water partition coefficient (Wildman–Crippen LogP) is 5.07. The third-order valence-corrected chi connectivity index (χ3v) is 4.79. The number of hydrogen-bond donors (Lipinski definition) is 1. The molecule has 0 atom stereocenters. The van der Waals surface area contributed by atoms with Gasteiger partial charge in [-0.2, -0.15) is 0 Å². The van der Waals surface area contributed by atoms with E-state index in [4.69, 9.17) is 11.6 Å². The van der Waals surface area contributed by atoms with E-state index in [2.05, 4.69) is 19.2 Å². The molecule has 0 saturated carbocycles. The largest absolute Gasteiger partial charge is 0.324 e. The molecule has 138 valence electrons. The average molecular weight is 373 g/mol. The van der Waals surface area contributed by atoms with Crippen molar-refractivity contribution in [1.29, 1.82) is 0 Å². The van der Waals surface area contributed by atoms with Crippen molar-refractivity contribution in [2.24, 2.45) is 0 Å². The van der Waals surface area contributed by atoms with Gasteiger partial charge in [-0.1, -0.05) is 49.7 Å². The molecule has 1 N–H and O–H groups in total. The summed E-state index contributed by atoms with van der Waals surface area (Å²) < 4.78 is 0. The van der Waals surface area contributed by atoms with E-state index in [0.717, 1.165) is 22.4 Å². The molecular formula is C21H25ClN2O2. The maximum atomic E-state index is 12.6. The molecule has 0 heterocycles. The molecule has 0 fully saturated rings. The van der Waals surface area contributed by atoms with Gasteiger partial charge in [0.1, 0.15) is 6.54 Å². The van der Waals surface area contributed by atoms with Crippen molar-refractivity contribution in [2.45, 2.75) is 40.5 Å². The van der Waals surface area contributed by atoms with Gasteiger partial charge in [-0.05, 0) is 48.6 Å². The van der Waals surface area contributed by atoms with Gasteiger partial charge in [-0.25, -0.2) is 0 Å². The second-order valence-corrected chi connectivity index (χ2v) is 7.14. The topological polar surface area (TPSA) is 49.4 Å². The molecule has 4 nitrogen and oxygen atoms in total. The molecule has 2 amide bonds. The number of amides is 2. The lowest BCUT2D eigenvalue weighted by atomic mass is 9.97. The summed E-state index contributed by atoms with van der Waals surface area (Å²) in [6.45, 7) is 9.38. The Balaban J connectivity index is 2.31. The zero-order valence-electron chi connectivity index (χ0n) is 15.9. The van der Waals surface area contributed by atoms with Crippen molar-refractivity contribution in [1.82, 2.24) is 0 Å². The number of hydrogen-bond acceptors (Lipinski definition) is 2. The number of nitrogens with zero attached hydrogens (tertiary/aromatic N) is 1.